The second-order valence-corrected chi connectivity index (χ2v) is 26.0. The van der Waals surface area contributed by atoms with Crippen molar-refractivity contribution in [2.45, 2.75) is 450 Å². The highest BCUT2D eigenvalue weighted by atomic mass is 16.5. The van der Waals surface area contributed by atoms with Crippen LogP contribution in [0.2, 0.25) is 0 Å². The molecule has 0 saturated carbocycles. The molecule has 0 aliphatic heterocycles. The Bertz CT molecular complexity index is 1160. The summed E-state index contributed by atoms with van der Waals surface area (Å²) in [7, 11) is 0. The topological polar surface area (TPSA) is 95.9 Å². The summed E-state index contributed by atoms with van der Waals surface area (Å²) in [6.07, 6.45) is 86.0. The van der Waals surface area contributed by atoms with Crippen LogP contribution in [0.15, 0.2) is 0 Å². The minimum absolute atomic E-state index is 0.0243. The van der Waals surface area contributed by atoms with Crippen LogP contribution in [-0.2, 0) is 14.3 Å². The number of aliphatic hydroxyl groups excluding tert-OH is 2. The number of carbonyl (C=O) groups excluding carboxylic acids is 2. The summed E-state index contributed by atoms with van der Waals surface area (Å²) in [5.74, 6) is -0.00141. The van der Waals surface area contributed by atoms with Crippen LogP contribution in [0.25, 0.3) is 0 Å². The van der Waals surface area contributed by atoms with Gasteiger partial charge in [-0.25, -0.2) is 0 Å². The number of hydrogen-bond acceptors (Lipinski definition) is 5. The Labute approximate surface area is 502 Å². The predicted octanol–water partition coefficient (Wildman–Crippen LogP) is 24.2. The smallest absolute Gasteiger partial charge is 0.305 e. The van der Waals surface area contributed by atoms with E-state index in [1.807, 2.05) is 0 Å². The summed E-state index contributed by atoms with van der Waals surface area (Å²) in [6, 6.07) is -0.537. The third-order valence-corrected chi connectivity index (χ3v) is 17.9. The zero-order valence-corrected chi connectivity index (χ0v) is 54.9. The van der Waals surface area contributed by atoms with Crippen molar-refractivity contribution in [2.75, 3.05) is 13.2 Å². The van der Waals surface area contributed by atoms with Gasteiger partial charge in [-0.1, -0.05) is 399 Å². The fourth-order valence-electron chi connectivity index (χ4n) is 12.2. The van der Waals surface area contributed by atoms with Crippen LogP contribution in [0.5, 0.6) is 0 Å². The molecule has 0 aromatic heterocycles. The van der Waals surface area contributed by atoms with E-state index in [0.29, 0.717) is 25.9 Å². The number of unbranched alkanes of at least 4 members (excludes halogenated alkanes) is 60. The van der Waals surface area contributed by atoms with Crippen LogP contribution < -0.4 is 5.32 Å². The third kappa shape index (κ3) is 66.0. The van der Waals surface area contributed by atoms with Gasteiger partial charge in [0.25, 0.3) is 0 Å². The van der Waals surface area contributed by atoms with Crippen LogP contribution in [0.3, 0.4) is 0 Å². The molecule has 0 aromatic carbocycles. The maximum Gasteiger partial charge on any atom is 0.305 e. The molecule has 0 heterocycles. The number of carbonyl (C=O) groups is 2. The van der Waals surface area contributed by atoms with Crippen LogP contribution in [0.1, 0.15) is 438 Å². The second-order valence-electron chi connectivity index (χ2n) is 26.0. The summed E-state index contributed by atoms with van der Waals surface area (Å²) in [4.78, 5) is 24.6. The summed E-state index contributed by atoms with van der Waals surface area (Å²) in [6.45, 7) is 5.01. The van der Waals surface area contributed by atoms with Crippen molar-refractivity contribution in [3.8, 4) is 0 Å². The molecule has 6 heteroatoms. The molecule has 0 aliphatic rings. The minimum Gasteiger partial charge on any atom is -0.466 e. The highest BCUT2D eigenvalue weighted by molar-refractivity contribution is 5.76. The maximum atomic E-state index is 12.5. The predicted molar refractivity (Wildman–Crippen MR) is 352 cm³/mol. The summed E-state index contributed by atoms with van der Waals surface area (Å²) in [5.41, 5.74) is 0. The molecule has 0 bridgehead atoms. The molecular formula is C74H147NO5. The molecule has 80 heavy (non-hydrogen) atoms. The van der Waals surface area contributed by atoms with E-state index in [4.69, 9.17) is 4.74 Å². The largest absolute Gasteiger partial charge is 0.466 e. The van der Waals surface area contributed by atoms with E-state index in [2.05, 4.69) is 19.2 Å². The molecule has 478 valence electrons. The fourth-order valence-corrected chi connectivity index (χ4v) is 12.2. The average Bonchev–Trinajstić information content (AvgIpc) is 3.46. The van der Waals surface area contributed by atoms with E-state index in [0.717, 1.165) is 38.5 Å². The zero-order valence-electron chi connectivity index (χ0n) is 54.9. The Morgan fingerprint density at radius 2 is 0.512 bits per heavy atom. The first-order chi connectivity index (χ1) is 39.5. The number of hydrogen-bond donors (Lipinski definition) is 3. The van der Waals surface area contributed by atoms with Gasteiger partial charge in [0.05, 0.1) is 25.4 Å². The molecule has 3 N–H and O–H groups in total. The van der Waals surface area contributed by atoms with Crippen molar-refractivity contribution < 1.29 is 24.5 Å². The molecule has 0 rings (SSSR count). The first-order valence-electron chi connectivity index (χ1n) is 37.3. The number of ether oxygens (including phenoxy) is 1. The molecule has 2 unspecified atom stereocenters. The van der Waals surface area contributed by atoms with Gasteiger partial charge in [-0.05, 0) is 25.7 Å². The molecule has 0 fully saturated rings. The normalized spacial score (nSPS) is 12.4. The zero-order chi connectivity index (χ0) is 57.8. The van der Waals surface area contributed by atoms with E-state index < -0.39 is 12.1 Å². The highest BCUT2D eigenvalue weighted by Gasteiger charge is 2.20. The Morgan fingerprint density at radius 1 is 0.300 bits per heavy atom. The number of amides is 1. The van der Waals surface area contributed by atoms with Gasteiger partial charge in [0.1, 0.15) is 0 Å². The minimum atomic E-state index is -0.661. The van der Waals surface area contributed by atoms with Crippen LogP contribution in [-0.4, -0.2) is 47.4 Å². The Kier molecular flexibility index (Phi) is 69.3. The molecular weight excluding hydrogens is 983 g/mol. The lowest BCUT2D eigenvalue weighted by Gasteiger charge is -2.22. The van der Waals surface area contributed by atoms with E-state index in [9.17, 15) is 19.8 Å². The third-order valence-electron chi connectivity index (χ3n) is 17.9. The van der Waals surface area contributed by atoms with Gasteiger partial charge >= 0.3 is 5.97 Å². The van der Waals surface area contributed by atoms with Crippen molar-refractivity contribution >= 4 is 11.9 Å². The van der Waals surface area contributed by atoms with Crippen molar-refractivity contribution in [3.05, 3.63) is 0 Å². The molecule has 0 aromatic rings. The van der Waals surface area contributed by atoms with Gasteiger partial charge in [-0.3, -0.25) is 9.59 Å². The van der Waals surface area contributed by atoms with Crippen molar-refractivity contribution in [2.24, 2.45) is 0 Å². The van der Waals surface area contributed by atoms with Gasteiger partial charge in [-0.2, -0.15) is 0 Å². The van der Waals surface area contributed by atoms with Crippen LogP contribution in [0.4, 0.5) is 0 Å². The van der Waals surface area contributed by atoms with E-state index in [-0.39, 0.29) is 18.5 Å². The van der Waals surface area contributed by atoms with E-state index >= 15 is 0 Å². The van der Waals surface area contributed by atoms with Crippen LogP contribution >= 0.6 is 0 Å². The second kappa shape index (κ2) is 70.3. The maximum absolute atomic E-state index is 12.5. The molecule has 0 aliphatic carbocycles. The molecule has 0 radical (unpaired) electrons. The number of rotatable bonds is 71. The lowest BCUT2D eigenvalue weighted by molar-refractivity contribution is -0.143. The first-order valence-corrected chi connectivity index (χ1v) is 37.3. The number of esters is 1. The fraction of sp³-hybridized carbons (Fsp3) is 0.973. The van der Waals surface area contributed by atoms with E-state index in [1.165, 1.54) is 366 Å². The quantitative estimate of drug-likeness (QED) is 0.0417. The summed E-state index contributed by atoms with van der Waals surface area (Å²) < 4.78 is 5.50. The average molecular weight is 1130 g/mol. The molecule has 6 nitrogen and oxygen atoms in total. The van der Waals surface area contributed by atoms with Gasteiger partial charge in [0.2, 0.25) is 5.91 Å². The summed E-state index contributed by atoms with van der Waals surface area (Å²) >= 11 is 0. The Balaban J connectivity index is 3.31. The number of aliphatic hydroxyl groups is 2. The Morgan fingerprint density at radius 3 is 0.762 bits per heavy atom. The highest BCUT2D eigenvalue weighted by Crippen LogP contribution is 2.20. The molecule has 0 saturated heterocycles. The standard InChI is InChI=1S/C74H147NO5/c1-3-5-7-9-11-13-15-17-19-20-36-39-42-46-50-54-58-62-66-72(77)71(70-76)75-73(78)67-63-59-55-51-47-43-40-37-34-32-30-28-26-24-22-21-23-25-27-29-31-33-35-38-41-45-49-53-57-61-65-69-80-74(79)68-64-60-56-52-48-44-18-16-14-12-10-8-6-4-2/h71-72,76-77H,3-70H2,1-2H3,(H,75,78). The lowest BCUT2D eigenvalue weighted by Crippen LogP contribution is -2.45. The number of nitrogens with one attached hydrogen (secondary N) is 1. The molecule has 2 atom stereocenters. The lowest BCUT2D eigenvalue weighted by atomic mass is 10.0. The first kappa shape index (κ1) is 78.9. The molecule has 0 spiro atoms. The van der Waals surface area contributed by atoms with Crippen molar-refractivity contribution in [1.29, 1.82) is 0 Å². The summed E-state index contributed by atoms with van der Waals surface area (Å²) in [5, 5.41) is 23.4. The van der Waals surface area contributed by atoms with E-state index in [1.54, 1.807) is 0 Å². The molecule has 1 amide bonds. The van der Waals surface area contributed by atoms with Gasteiger partial charge < -0.3 is 20.3 Å². The van der Waals surface area contributed by atoms with Gasteiger partial charge in [0, 0.05) is 12.8 Å². The van der Waals surface area contributed by atoms with Crippen molar-refractivity contribution in [1.82, 2.24) is 5.32 Å². The van der Waals surface area contributed by atoms with Crippen LogP contribution in [0, 0.1) is 0 Å². The SMILES string of the molecule is CCCCCCCCCCCCCCCCCCCCC(O)C(CO)NC(=O)CCCCCCCCCCCCCCCCCCCCCCCCCCCCCCCCCOC(=O)CCCCCCCCCCCCCCCC. The van der Waals surface area contributed by atoms with Crippen molar-refractivity contribution in [3.63, 3.8) is 0 Å². The van der Waals surface area contributed by atoms with Gasteiger partial charge in [0.15, 0.2) is 0 Å². The van der Waals surface area contributed by atoms with Gasteiger partial charge in [-0.15, -0.1) is 0 Å². The monoisotopic (exact) mass is 1130 g/mol. The Hall–Kier alpha value is -1.14.